The van der Waals surface area contributed by atoms with Gasteiger partial charge in [0.1, 0.15) is 11.4 Å². The van der Waals surface area contributed by atoms with E-state index in [1.807, 2.05) is 0 Å². The largest absolute Gasteiger partial charge is 0.330 e. The van der Waals surface area contributed by atoms with Crippen molar-refractivity contribution in [2.24, 2.45) is 5.73 Å². The van der Waals surface area contributed by atoms with Crippen LogP contribution < -0.4 is 5.73 Å². The lowest BCUT2D eigenvalue weighted by Gasteiger charge is -1.95. The Morgan fingerprint density at radius 1 is 1.60 bits per heavy atom. The van der Waals surface area contributed by atoms with Crippen molar-refractivity contribution in [2.75, 3.05) is 6.54 Å². The number of aryl methyl sites for hydroxylation is 1. The lowest BCUT2D eigenvalue weighted by molar-refractivity contribution is -0.385. The monoisotopic (exact) mass is 205 g/mol. The summed E-state index contributed by atoms with van der Waals surface area (Å²) >= 11 is 0. The Morgan fingerprint density at radius 2 is 2.33 bits per heavy atom. The summed E-state index contributed by atoms with van der Waals surface area (Å²) in [4.78, 5) is 14.1. The van der Waals surface area contributed by atoms with Gasteiger partial charge in [0.25, 0.3) is 5.69 Å². The van der Waals surface area contributed by atoms with Gasteiger partial charge in [-0.2, -0.15) is 0 Å². The molecule has 0 aromatic carbocycles. The Hall–Kier alpha value is -1.93. The number of hydrogen-bond donors (Lipinski definition) is 1. The molecule has 1 aromatic rings. The highest BCUT2D eigenvalue weighted by atomic mass is 16.6. The number of nitrogens with zero attached hydrogens (tertiary/aromatic N) is 2. The minimum Gasteiger partial charge on any atom is -0.330 e. The van der Waals surface area contributed by atoms with Gasteiger partial charge in [-0.05, 0) is 18.9 Å². The van der Waals surface area contributed by atoms with Crippen LogP contribution in [0.25, 0.3) is 0 Å². The van der Waals surface area contributed by atoms with Crippen LogP contribution in [0.4, 0.5) is 5.69 Å². The number of nitro groups is 1. The summed E-state index contributed by atoms with van der Waals surface area (Å²) in [6.07, 6.45) is 0.595. The molecule has 0 atom stereocenters. The van der Waals surface area contributed by atoms with Crippen molar-refractivity contribution < 1.29 is 4.92 Å². The molecule has 0 unspecified atom stereocenters. The van der Waals surface area contributed by atoms with Gasteiger partial charge in [-0.1, -0.05) is 5.92 Å². The first-order valence-electron chi connectivity index (χ1n) is 4.46. The van der Waals surface area contributed by atoms with Crippen LogP contribution in [0.3, 0.4) is 0 Å². The molecule has 0 aliphatic carbocycles. The fraction of sp³-hybridized carbons (Fsp3) is 0.300. The Morgan fingerprint density at radius 3 is 2.87 bits per heavy atom. The highest BCUT2D eigenvalue weighted by Crippen LogP contribution is 2.14. The maximum Gasteiger partial charge on any atom is 0.290 e. The molecule has 0 saturated carbocycles. The second-order valence-electron chi connectivity index (χ2n) is 2.90. The van der Waals surface area contributed by atoms with E-state index in [0.717, 1.165) is 0 Å². The van der Waals surface area contributed by atoms with Crippen molar-refractivity contribution in [3.63, 3.8) is 0 Å². The van der Waals surface area contributed by atoms with E-state index in [4.69, 9.17) is 5.73 Å². The second-order valence-corrected chi connectivity index (χ2v) is 2.90. The summed E-state index contributed by atoms with van der Waals surface area (Å²) in [6, 6.07) is 2.95. The molecule has 0 bridgehead atoms. The Labute approximate surface area is 87.5 Å². The fourth-order valence-electron chi connectivity index (χ4n) is 1.04. The summed E-state index contributed by atoms with van der Waals surface area (Å²) in [6.45, 7) is 2.09. The second kappa shape index (κ2) is 5.08. The van der Waals surface area contributed by atoms with E-state index in [2.05, 4.69) is 16.8 Å². The summed E-state index contributed by atoms with van der Waals surface area (Å²) in [5.74, 6) is 5.61. The van der Waals surface area contributed by atoms with Crippen molar-refractivity contribution in [2.45, 2.75) is 13.3 Å². The minimum absolute atomic E-state index is 0.0133. The van der Waals surface area contributed by atoms with Crippen LogP contribution in [-0.4, -0.2) is 16.5 Å². The molecule has 0 radical (unpaired) electrons. The Bertz CT molecular complexity index is 432. The fourth-order valence-corrected chi connectivity index (χ4v) is 1.04. The highest BCUT2D eigenvalue weighted by Gasteiger charge is 2.10. The Balaban J connectivity index is 2.93. The minimum atomic E-state index is -0.459. The highest BCUT2D eigenvalue weighted by molar-refractivity contribution is 5.39. The number of pyridine rings is 1. The number of nitrogens with two attached hydrogens (primary N) is 1. The van der Waals surface area contributed by atoms with E-state index >= 15 is 0 Å². The predicted molar refractivity (Wildman–Crippen MR) is 56.2 cm³/mol. The molecule has 0 spiro atoms. The third kappa shape index (κ3) is 3.04. The standard InChI is InChI=1S/C10H11N3O2/c1-8-10(13(14)15)6-5-9(12-8)4-2-3-7-11/h5-6H,3,7,11H2,1H3. The van der Waals surface area contributed by atoms with E-state index in [1.165, 1.54) is 12.1 Å². The molecule has 1 aromatic heterocycles. The number of rotatable bonds is 2. The molecular formula is C10H11N3O2. The molecule has 1 heterocycles. The molecule has 5 heteroatoms. The van der Waals surface area contributed by atoms with Crippen LogP contribution in [0.15, 0.2) is 12.1 Å². The lowest BCUT2D eigenvalue weighted by Crippen LogP contribution is -1.97. The first-order valence-corrected chi connectivity index (χ1v) is 4.46. The third-order valence-corrected chi connectivity index (χ3v) is 1.74. The van der Waals surface area contributed by atoms with Gasteiger partial charge in [0.15, 0.2) is 0 Å². The lowest BCUT2D eigenvalue weighted by atomic mass is 10.2. The zero-order valence-electron chi connectivity index (χ0n) is 8.36. The van der Waals surface area contributed by atoms with Crippen molar-refractivity contribution in [3.8, 4) is 11.8 Å². The summed E-state index contributed by atoms with van der Waals surface area (Å²) in [5.41, 5.74) is 6.20. The molecular weight excluding hydrogens is 194 g/mol. The van der Waals surface area contributed by atoms with Gasteiger partial charge in [0.2, 0.25) is 0 Å². The van der Waals surface area contributed by atoms with Crippen LogP contribution in [0.1, 0.15) is 17.8 Å². The number of hydrogen-bond acceptors (Lipinski definition) is 4. The van der Waals surface area contributed by atoms with Crippen molar-refractivity contribution in [1.82, 2.24) is 4.98 Å². The zero-order valence-corrected chi connectivity index (χ0v) is 8.36. The maximum atomic E-state index is 10.5. The number of aromatic nitrogens is 1. The van der Waals surface area contributed by atoms with Crippen LogP contribution in [-0.2, 0) is 0 Å². The molecule has 0 saturated heterocycles. The molecule has 0 amide bonds. The van der Waals surface area contributed by atoms with Crippen molar-refractivity contribution in [3.05, 3.63) is 33.6 Å². The van der Waals surface area contributed by atoms with Crippen LogP contribution in [0, 0.1) is 28.9 Å². The van der Waals surface area contributed by atoms with Gasteiger partial charge in [0.05, 0.1) is 4.92 Å². The molecule has 78 valence electrons. The third-order valence-electron chi connectivity index (χ3n) is 1.74. The summed E-state index contributed by atoms with van der Waals surface area (Å²) in [5, 5.41) is 10.5. The topological polar surface area (TPSA) is 82.0 Å². The van der Waals surface area contributed by atoms with E-state index in [9.17, 15) is 10.1 Å². The van der Waals surface area contributed by atoms with E-state index in [-0.39, 0.29) is 5.69 Å². The SMILES string of the molecule is Cc1nc(C#CCCN)ccc1[N+](=O)[O-]. The summed E-state index contributed by atoms with van der Waals surface area (Å²) in [7, 11) is 0. The zero-order chi connectivity index (χ0) is 11.3. The van der Waals surface area contributed by atoms with Gasteiger partial charge in [-0.3, -0.25) is 10.1 Å². The van der Waals surface area contributed by atoms with Crippen LogP contribution in [0.5, 0.6) is 0 Å². The molecule has 2 N–H and O–H groups in total. The molecule has 0 aliphatic rings. The van der Waals surface area contributed by atoms with Crippen molar-refractivity contribution in [1.29, 1.82) is 0 Å². The van der Waals surface area contributed by atoms with Gasteiger partial charge in [-0.25, -0.2) is 4.98 Å². The van der Waals surface area contributed by atoms with Gasteiger partial charge >= 0.3 is 0 Å². The smallest absolute Gasteiger partial charge is 0.290 e. The van der Waals surface area contributed by atoms with Gasteiger partial charge < -0.3 is 5.73 Å². The average Bonchev–Trinajstić information content (AvgIpc) is 2.17. The van der Waals surface area contributed by atoms with E-state index in [1.54, 1.807) is 6.92 Å². The van der Waals surface area contributed by atoms with E-state index in [0.29, 0.717) is 24.4 Å². The predicted octanol–water partition coefficient (Wildman–Crippen LogP) is 0.999. The van der Waals surface area contributed by atoms with E-state index < -0.39 is 4.92 Å². The van der Waals surface area contributed by atoms with Crippen molar-refractivity contribution >= 4 is 5.69 Å². The molecule has 15 heavy (non-hydrogen) atoms. The molecule has 5 nitrogen and oxygen atoms in total. The summed E-state index contributed by atoms with van der Waals surface area (Å²) < 4.78 is 0. The van der Waals surface area contributed by atoms with Crippen LogP contribution in [0.2, 0.25) is 0 Å². The maximum absolute atomic E-state index is 10.5. The first kappa shape index (κ1) is 11.1. The van der Waals surface area contributed by atoms with Gasteiger partial charge in [-0.15, -0.1) is 0 Å². The average molecular weight is 205 g/mol. The molecule has 1 rings (SSSR count). The quantitative estimate of drug-likeness (QED) is 0.443. The normalized spacial score (nSPS) is 9.20. The first-order chi connectivity index (χ1) is 7.15. The molecule has 0 aliphatic heterocycles. The Kier molecular flexibility index (Phi) is 3.77. The van der Waals surface area contributed by atoms with Gasteiger partial charge in [0, 0.05) is 19.0 Å². The van der Waals surface area contributed by atoms with Crippen LogP contribution >= 0.6 is 0 Å². The molecule has 0 fully saturated rings.